The van der Waals surface area contributed by atoms with Crippen LogP contribution in [0, 0.1) is 0 Å². The smallest absolute Gasteiger partial charge is 0.360 e. The summed E-state index contributed by atoms with van der Waals surface area (Å²) in [6, 6.07) is 22.8. The van der Waals surface area contributed by atoms with Gasteiger partial charge in [0.25, 0.3) is 0 Å². The zero-order valence-electron chi connectivity index (χ0n) is 22.0. The van der Waals surface area contributed by atoms with Gasteiger partial charge in [0.1, 0.15) is 24.4 Å². The molecule has 0 amide bonds. The van der Waals surface area contributed by atoms with E-state index in [9.17, 15) is 9.59 Å². The summed E-state index contributed by atoms with van der Waals surface area (Å²) in [6.07, 6.45) is 2.44. The van der Waals surface area contributed by atoms with Gasteiger partial charge in [0, 0.05) is 19.2 Å². The topological polar surface area (TPSA) is 113 Å². The largest absolute Gasteiger partial charge is 0.493 e. The maximum Gasteiger partial charge on any atom is 0.360 e. The number of aromatic nitrogens is 2. The van der Waals surface area contributed by atoms with Crippen molar-refractivity contribution in [1.29, 1.82) is 0 Å². The van der Waals surface area contributed by atoms with Gasteiger partial charge in [-0.05, 0) is 41.8 Å². The lowest BCUT2D eigenvalue weighted by Gasteiger charge is -2.13. The first-order valence-electron chi connectivity index (χ1n) is 12.6. The molecule has 0 spiro atoms. The van der Waals surface area contributed by atoms with Gasteiger partial charge >= 0.3 is 11.9 Å². The van der Waals surface area contributed by atoms with E-state index < -0.39 is 17.9 Å². The number of oxazole rings is 1. The van der Waals surface area contributed by atoms with E-state index in [0.29, 0.717) is 19.4 Å². The zero-order chi connectivity index (χ0) is 27.5. The van der Waals surface area contributed by atoms with Crippen molar-refractivity contribution in [1.82, 2.24) is 9.97 Å². The van der Waals surface area contributed by atoms with Gasteiger partial charge in [-0.2, -0.15) is 0 Å². The number of hydrogen-bond donors (Lipinski definition) is 1. The molecule has 39 heavy (non-hydrogen) atoms. The highest BCUT2D eigenvalue weighted by molar-refractivity contribution is 5.86. The first-order chi connectivity index (χ1) is 19.0. The van der Waals surface area contributed by atoms with Crippen molar-refractivity contribution in [3.8, 4) is 5.75 Å². The third-order valence-electron chi connectivity index (χ3n) is 6.03. The van der Waals surface area contributed by atoms with Crippen LogP contribution in [0.5, 0.6) is 5.75 Å². The molecule has 0 aliphatic heterocycles. The maximum atomic E-state index is 12.5. The molecule has 1 atom stereocenters. The number of ether oxygens (including phenoxy) is 3. The van der Waals surface area contributed by atoms with E-state index in [1.54, 1.807) is 0 Å². The van der Waals surface area contributed by atoms with Crippen LogP contribution >= 0.6 is 0 Å². The molecule has 2 heterocycles. The number of pyridine rings is 1. The number of hydrogen-bond acceptors (Lipinski definition) is 9. The number of carbonyl (C=O) groups excluding carboxylic acids is 2. The second-order valence-electron chi connectivity index (χ2n) is 8.82. The van der Waals surface area contributed by atoms with Crippen LogP contribution in [0.2, 0.25) is 0 Å². The van der Waals surface area contributed by atoms with Crippen molar-refractivity contribution in [3.63, 3.8) is 0 Å². The lowest BCUT2D eigenvalue weighted by atomic mass is 9.96. The molecule has 1 unspecified atom stereocenters. The Labute approximate surface area is 227 Å². The summed E-state index contributed by atoms with van der Waals surface area (Å²) in [4.78, 5) is 33.4. The molecule has 0 aliphatic rings. The Hall–Kier alpha value is -4.66. The SMILES string of the molecule is CNc1cccc(CCOc2ccc(CC(CC(=O)OC)c3nc(C(=O)OCc4ccccc4)co3)cc2)n1. The molecule has 0 saturated heterocycles. The number of carbonyl (C=O) groups is 2. The molecule has 4 rings (SSSR count). The van der Waals surface area contributed by atoms with Gasteiger partial charge in [-0.3, -0.25) is 4.79 Å². The van der Waals surface area contributed by atoms with Crippen LogP contribution in [0.4, 0.5) is 5.82 Å². The van der Waals surface area contributed by atoms with Crippen LogP contribution in [-0.2, 0) is 33.7 Å². The normalized spacial score (nSPS) is 11.4. The number of nitrogens with zero attached hydrogens (tertiary/aromatic N) is 2. The summed E-state index contributed by atoms with van der Waals surface area (Å²) < 4.78 is 21.7. The third kappa shape index (κ3) is 8.16. The average molecular weight is 530 g/mol. The van der Waals surface area contributed by atoms with Gasteiger partial charge in [-0.1, -0.05) is 48.5 Å². The molecule has 2 aromatic heterocycles. The van der Waals surface area contributed by atoms with E-state index in [-0.39, 0.29) is 24.6 Å². The molecule has 0 radical (unpaired) electrons. The van der Waals surface area contributed by atoms with Gasteiger partial charge in [-0.25, -0.2) is 14.8 Å². The molecule has 9 nitrogen and oxygen atoms in total. The molecular formula is C30H31N3O6. The summed E-state index contributed by atoms with van der Waals surface area (Å²) in [5, 5.41) is 3.03. The minimum Gasteiger partial charge on any atom is -0.493 e. The lowest BCUT2D eigenvalue weighted by molar-refractivity contribution is -0.141. The highest BCUT2D eigenvalue weighted by Gasteiger charge is 2.24. The van der Waals surface area contributed by atoms with E-state index in [0.717, 1.165) is 28.4 Å². The predicted octanol–water partition coefficient (Wildman–Crippen LogP) is 4.98. The second kappa shape index (κ2) is 13.8. The molecule has 0 fully saturated rings. The highest BCUT2D eigenvalue weighted by Crippen LogP contribution is 2.26. The number of esters is 2. The van der Waals surface area contributed by atoms with Crippen LogP contribution in [0.1, 0.15) is 45.5 Å². The fraction of sp³-hybridized carbons (Fsp3) is 0.267. The van der Waals surface area contributed by atoms with Crippen molar-refractivity contribution in [2.24, 2.45) is 0 Å². The quantitative estimate of drug-likeness (QED) is 0.240. The lowest BCUT2D eigenvalue weighted by Crippen LogP contribution is -2.12. The highest BCUT2D eigenvalue weighted by atomic mass is 16.5. The van der Waals surface area contributed by atoms with Crippen molar-refractivity contribution in [2.75, 3.05) is 26.1 Å². The van der Waals surface area contributed by atoms with Gasteiger partial charge in [0.15, 0.2) is 11.6 Å². The summed E-state index contributed by atoms with van der Waals surface area (Å²) in [5.74, 6) is 0.393. The third-order valence-corrected chi connectivity index (χ3v) is 6.03. The minimum absolute atomic E-state index is 0.0481. The maximum absolute atomic E-state index is 12.5. The van der Waals surface area contributed by atoms with Gasteiger partial charge in [0.2, 0.25) is 0 Å². The number of rotatable bonds is 13. The predicted molar refractivity (Wildman–Crippen MR) is 145 cm³/mol. The zero-order valence-corrected chi connectivity index (χ0v) is 22.0. The first kappa shape index (κ1) is 27.4. The average Bonchev–Trinajstić information content (AvgIpc) is 3.47. The van der Waals surface area contributed by atoms with Crippen molar-refractivity contribution < 1.29 is 28.2 Å². The molecule has 2 aromatic carbocycles. The molecule has 4 aromatic rings. The molecule has 0 bridgehead atoms. The fourth-order valence-electron chi connectivity index (χ4n) is 3.94. The van der Waals surface area contributed by atoms with Gasteiger partial charge < -0.3 is 23.9 Å². The van der Waals surface area contributed by atoms with Gasteiger partial charge in [-0.15, -0.1) is 0 Å². The molecule has 1 N–H and O–H groups in total. The Morgan fingerprint density at radius 3 is 2.49 bits per heavy atom. The van der Waals surface area contributed by atoms with Crippen molar-refractivity contribution in [2.45, 2.75) is 31.8 Å². The first-order valence-corrected chi connectivity index (χ1v) is 12.6. The Morgan fingerprint density at radius 2 is 1.74 bits per heavy atom. The standard InChI is InChI=1S/C30H31N3O6/c1-31-27-10-6-9-24(32-27)15-16-37-25-13-11-21(12-14-25)17-23(18-28(34)36-2)29-33-26(20-38-29)30(35)39-19-22-7-4-3-5-8-22/h3-14,20,23H,15-19H2,1-2H3,(H,31,32). The Morgan fingerprint density at radius 1 is 0.949 bits per heavy atom. The number of anilines is 1. The van der Waals surface area contributed by atoms with E-state index >= 15 is 0 Å². The van der Waals surface area contributed by atoms with Crippen LogP contribution in [-0.4, -0.2) is 42.7 Å². The van der Waals surface area contributed by atoms with E-state index in [2.05, 4.69) is 15.3 Å². The van der Waals surface area contributed by atoms with Crippen LogP contribution < -0.4 is 10.1 Å². The Bertz CT molecular complexity index is 1350. The molecule has 0 aliphatic carbocycles. The van der Waals surface area contributed by atoms with Crippen LogP contribution in [0.15, 0.2) is 83.5 Å². The summed E-state index contributed by atoms with van der Waals surface area (Å²) in [5.41, 5.74) is 2.81. The van der Waals surface area contributed by atoms with Gasteiger partial charge in [0.05, 0.1) is 26.1 Å². The molecule has 9 heteroatoms. The van der Waals surface area contributed by atoms with Crippen LogP contribution in [0.25, 0.3) is 0 Å². The van der Waals surface area contributed by atoms with Crippen molar-refractivity contribution >= 4 is 17.8 Å². The Kier molecular flexibility index (Phi) is 9.66. The number of benzene rings is 2. The van der Waals surface area contributed by atoms with E-state index in [1.165, 1.54) is 13.4 Å². The summed E-state index contributed by atoms with van der Waals surface area (Å²) in [7, 11) is 3.17. The van der Waals surface area contributed by atoms with E-state index in [4.69, 9.17) is 18.6 Å². The van der Waals surface area contributed by atoms with Crippen LogP contribution in [0.3, 0.4) is 0 Å². The Balaban J connectivity index is 1.35. The second-order valence-corrected chi connectivity index (χ2v) is 8.82. The van der Waals surface area contributed by atoms with E-state index in [1.807, 2.05) is 79.8 Å². The number of nitrogens with one attached hydrogen (secondary N) is 1. The monoisotopic (exact) mass is 529 g/mol. The molecule has 0 saturated carbocycles. The summed E-state index contributed by atoms with van der Waals surface area (Å²) in [6.45, 7) is 0.616. The summed E-state index contributed by atoms with van der Waals surface area (Å²) >= 11 is 0. The molecule has 202 valence electrons. The molecular weight excluding hydrogens is 498 g/mol. The fourth-order valence-corrected chi connectivity index (χ4v) is 3.94. The number of methoxy groups -OCH3 is 1. The minimum atomic E-state index is -0.597. The van der Waals surface area contributed by atoms with Crippen molar-refractivity contribution in [3.05, 3.63) is 107 Å².